The summed E-state index contributed by atoms with van der Waals surface area (Å²) in [7, 11) is 1.36. The van der Waals surface area contributed by atoms with Gasteiger partial charge in [-0.3, -0.25) is 0 Å². The van der Waals surface area contributed by atoms with Crippen molar-refractivity contribution in [1.29, 1.82) is 0 Å². The average molecular weight is 329 g/mol. The summed E-state index contributed by atoms with van der Waals surface area (Å²) < 4.78 is 9.97. The Labute approximate surface area is 137 Å². The number of carbonyl (C=O) groups is 1. The standard InChI is InChI=1S/C16H15N3O3S/c1-10-5-6-11(16(20)21-2)8-12(10)17-9-14-18-15(19-22-14)13-4-3-7-23-13/h3-8,17H,9H2,1-2H3. The molecule has 7 heteroatoms. The van der Waals surface area contributed by atoms with Gasteiger partial charge >= 0.3 is 5.97 Å². The van der Waals surface area contributed by atoms with Crippen LogP contribution >= 0.6 is 11.3 Å². The molecule has 6 nitrogen and oxygen atoms in total. The van der Waals surface area contributed by atoms with E-state index in [4.69, 9.17) is 9.26 Å². The van der Waals surface area contributed by atoms with Crippen molar-refractivity contribution in [2.45, 2.75) is 13.5 Å². The molecular weight excluding hydrogens is 314 g/mol. The maximum absolute atomic E-state index is 11.6. The molecule has 2 heterocycles. The highest BCUT2D eigenvalue weighted by Crippen LogP contribution is 2.22. The normalized spacial score (nSPS) is 10.5. The third-order valence-corrected chi connectivity index (χ3v) is 4.16. The second-order valence-corrected chi connectivity index (χ2v) is 5.81. The van der Waals surface area contributed by atoms with Crippen LogP contribution in [-0.2, 0) is 11.3 Å². The fraction of sp³-hybridized carbons (Fsp3) is 0.188. The van der Waals surface area contributed by atoms with Gasteiger partial charge in [0.05, 0.1) is 24.1 Å². The molecule has 0 aliphatic carbocycles. The molecule has 0 atom stereocenters. The van der Waals surface area contributed by atoms with E-state index in [-0.39, 0.29) is 5.97 Å². The molecule has 0 spiro atoms. The topological polar surface area (TPSA) is 77.2 Å². The number of hydrogen-bond donors (Lipinski definition) is 1. The quantitative estimate of drug-likeness (QED) is 0.722. The molecule has 0 radical (unpaired) electrons. The number of aryl methyl sites for hydroxylation is 1. The van der Waals surface area contributed by atoms with Gasteiger partial charge in [-0.25, -0.2) is 4.79 Å². The van der Waals surface area contributed by atoms with Crippen LogP contribution in [0.2, 0.25) is 0 Å². The number of esters is 1. The van der Waals surface area contributed by atoms with Crippen molar-refractivity contribution in [1.82, 2.24) is 10.1 Å². The fourth-order valence-electron chi connectivity index (χ4n) is 2.06. The lowest BCUT2D eigenvalue weighted by molar-refractivity contribution is 0.0601. The van der Waals surface area contributed by atoms with Crippen molar-refractivity contribution >= 4 is 23.0 Å². The summed E-state index contributed by atoms with van der Waals surface area (Å²) in [4.78, 5) is 16.9. The molecular formula is C16H15N3O3S. The largest absolute Gasteiger partial charge is 0.465 e. The van der Waals surface area contributed by atoms with Crippen LogP contribution in [0.15, 0.2) is 40.2 Å². The zero-order valence-electron chi connectivity index (χ0n) is 12.7. The van der Waals surface area contributed by atoms with Gasteiger partial charge in [0.1, 0.15) is 0 Å². The summed E-state index contributed by atoms with van der Waals surface area (Å²) in [6.45, 7) is 2.33. The smallest absolute Gasteiger partial charge is 0.337 e. The minimum Gasteiger partial charge on any atom is -0.465 e. The van der Waals surface area contributed by atoms with Gasteiger partial charge in [0.25, 0.3) is 0 Å². The zero-order valence-corrected chi connectivity index (χ0v) is 13.5. The third-order valence-electron chi connectivity index (χ3n) is 3.30. The van der Waals surface area contributed by atoms with Crippen molar-refractivity contribution in [3.63, 3.8) is 0 Å². The summed E-state index contributed by atoms with van der Waals surface area (Å²) in [6, 6.07) is 9.22. The molecule has 1 aromatic carbocycles. The number of anilines is 1. The van der Waals surface area contributed by atoms with E-state index in [0.717, 1.165) is 16.1 Å². The molecule has 3 rings (SSSR count). The maximum atomic E-state index is 11.6. The lowest BCUT2D eigenvalue weighted by Gasteiger charge is -2.09. The van der Waals surface area contributed by atoms with Gasteiger partial charge < -0.3 is 14.6 Å². The highest BCUT2D eigenvalue weighted by Gasteiger charge is 2.11. The number of ether oxygens (including phenoxy) is 1. The number of nitrogens with one attached hydrogen (secondary N) is 1. The number of thiophene rings is 1. The van der Waals surface area contributed by atoms with Gasteiger partial charge in [-0.15, -0.1) is 11.3 Å². The van der Waals surface area contributed by atoms with Crippen molar-refractivity contribution < 1.29 is 14.1 Å². The molecule has 0 unspecified atom stereocenters. The molecule has 0 aliphatic heterocycles. The van der Waals surface area contributed by atoms with E-state index in [1.807, 2.05) is 30.5 Å². The van der Waals surface area contributed by atoms with Crippen LogP contribution in [0.4, 0.5) is 5.69 Å². The minimum absolute atomic E-state index is 0.370. The van der Waals surface area contributed by atoms with Gasteiger partial charge in [-0.1, -0.05) is 17.3 Å². The molecule has 0 aliphatic rings. The molecule has 0 fully saturated rings. The summed E-state index contributed by atoms with van der Waals surface area (Å²) in [5.74, 6) is 0.693. The molecule has 0 saturated heterocycles. The Kier molecular flexibility index (Phi) is 4.38. The zero-order chi connectivity index (χ0) is 16.2. The maximum Gasteiger partial charge on any atom is 0.337 e. The number of aromatic nitrogens is 2. The monoisotopic (exact) mass is 329 g/mol. The molecule has 0 amide bonds. The van der Waals surface area contributed by atoms with Crippen molar-refractivity contribution in [3.05, 3.63) is 52.7 Å². The minimum atomic E-state index is -0.370. The Bertz CT molecular complexity index is 812. The molecule has 118 valence electrons. The number of nitrogens with zero attached hydrogens (tertiary/aromatic N) is 2. The predicted octanol–water partition coefficient (Wildman–Crippen LogP) is 3.51. The Hall–Kier alpha value is -2.67. The number of benzene rings is 1. The molecule has 0 bridgehead atoms. The van der Waals surface area contributed by atoms with E-state index in [9.17, 15) is 4.79 Å². The SMILES string of the molecule is COC(=O)c1ccc(C)c(NCc2nc(-c3cccs3)no2)c1. The first-order chi connectivity index (χ1) is 11.2. The van der Waals surface area contributed by atoms with Gasteiger partial charge in [0.2, 0.25) is 11.7 Å². The highest BCUT2D eigenvalue weighted by molar-refractivity contribution is 7.13. The van der Waals surface area contributed by atoms with E-state index in [0.29, 0.717) is 23.8 Å². The number of methoxy groups -OCH3 is 1. The predicted molar refractivity (Wildman–Crippen MR) is 87.5 cm³/mol. The second-order valence-electron chi connectivity index (χ2n) is 4.86. The second kappa shape index (κ2) is 6.62. The summed E-state index contributed by atoms with van der Waals surface area (Å²) >= 11 is 1.56. The van der Waals surface area contributed by atoms with Gasteiger partial charge in [0.15, 0.2) is 0 Å². The van der Waals surface area contributed by atoms with Crippen molar-refractivity contribution in [3.8, 4) is 10.7 Å². The van der Waals surface area contributed by atoms with E-state index in [2.05, 4.69) is 15.5 Å². The van der Waals surface area contributed by atoms with E-state index in [1.165, 1.54) is 7.11 Å². The van der Waals surface area contributed by atoms with E-state index >= 15 is 0 Å². The highest BCUT2D eigenvalue weighted by atomic mass is 32.1. The van der Waals surface area contributed by atoms with Gasteiger partial charge in [-0.05, 0) is 36.1 Å². The lowest BCUT2D eigenvalue weighted by atomic mass is 10.1. The Balaban J connectivity index is 1.72. The summed E-state index contributed by atoms with van der Waals surface area (Å²) in [5.41, 5.74) is 2.32. The van der Waals surface area contributed by atoms with Crippen LogP contribution in [0, 0.1) is 6.92 Å². The lowest BCUT2D eigenvalue weighted by Crippen LogP contribution is -2.05. The molecule has 0 saturated carbocycles. The van der Waals surface area contributed by atoms with Crippen LogP contribution in [0.3, 0.4) is 0 Å². The van der Waals surface area contributed by atoms with Crippen LogP contribution in [0.1, 0.15) is 21.8 Å². The number of hydrogen-bond acceptors (Lipinski definition) is 7. The fourth-order valence-corrected chi connectivity index (χ4v) is 2.71. The first kappa shape index (κ1) is 15.2. The number of rotatable bonds is 5. The Morgan fingerprint density at radius 1 is 1.39 bits per heavy atom. The van der Waals surface area contributed by atoms with Crippen LogP contribution < -0.4 is 5.32 Å². The number of carbonyl (C=O) groups excluding carboxylic acids is 1. The third kappa shape index (κ3) is 3.40. The van der Waals surface area contributed by atoms with Gasteiger partial charge in [-0.2, -0.15) is 4.98 Å². The average Bonchev–Trinajstić information content (AvgIpc) is 3.24. The van der Waals surface area contributed by atoms with E-state index < -0.39 is 0 Å². The van der Waals surface area contributed by atoms with Crippen LogP contribution in [0.25, 0.3) is 10.7 Å². The molecule has 1 N–H and O–H groups in total. The van der Waals surface area contributed by atoms with Crippen molar-refractivity contribution in [2.24, 2.45) is 0 Å². The summed E-state index contributed by atoms with van der Waals surface area (Å²) in [5, 5.41) is 9.13. The molecule has 3 aromatic rings. The Morgan fingerprint density at radius 2 is 2.26 bits per heavy atom. The Morgan fingerprint density at radius 3 is 3.00 bits per heavy atom. The van der Waals surface area contributed by atoms with Crippen LogP contribution in [0.5, 0.6) is 0 Å². The first-order valence-electron chi connectivity index (χ1n) is 6.96. The van der Waals surface area contributed by atoms with E-state index in [1.54, 1.807) is 23.5 Å². The van der Waals surface area contributed by atoms with Gasteiger partial charge in [0, 0.05) is 5.69 Å². The van der Waals surface area contributed by atoms with Crippen molar-refractivity contribution in [2.75, 3.05) is 12.4 Å². The molecule has 23 heavy (non-hydrogen) atoms. The first-order valence-corrected chi connectivity index (χ1v) is 7.84. The van der Waals surface area contributed by atoms with Crippen LogP contribution in [-0.4, -0.2) is 23.2 Å². The summed E-state index contributed by atoms with van der Waals surface area (Å²) in [6.07, 6.45) is 0. The molecule has 2 aromatic heterocycles.